The van der Waals surface area contributed by atoms with E-state index in [1.54, 1.807) is 12.1 Å². The van der Waals surface area contributed by atoms with E-state index >= 15 is 0 Å². The third-order valence-electron chi connectivity index (χ3n) is 4.98. The summed E-state index contributed by atoms with van der Waals surface area (Å²) in [5.41, 5.74) is 2.50. The third kappa shape index (κ3) is 3.91. The molecule has 0 aliphatic carbocycles. The lowest BCUT2D eigenvalue weighted by Crippen LogP contribution is -2.37. The number of halogens is 1. The predicted molar refractivity (Wildman–Crippen MR) is 104 cm³/mol. The highest BCUT2D eigenvalue weighted by atomic mass is 19.1. The number of nitrogens with zero attached hydrogens (tertiary/aromatic N) is 3. The fourth-order valence-corrected chi connectivity index (χ4v) is 3.35. The Morgan fingerprint density at radius 1 is 1.29 bits per heavy atom. The minimum absolute atomic E-state index is 0.0391. The number of hydrogen-bond acceptors (Lipinski definition) is 4. The largest absolute Gasteiger partial charge is 0.358 e. The van der Waals surface area contributed by atoms with Crippen molar-refractivity contribution in [2.75, 3.05) is 27.2 Å². The predicted octanol–water partition coefficient (Wildman–Crippen LogP) is 1.73. The highest BCUT2D eigenvalue weighted by Gasteiger charge is 2.27. The Kier molecular flexibility index (Phi) is 5.79. The minimum Gasteiger partial charge on any atom is -0.358 e. The smallest absolute Gasteiger partial charge is 0.272 e. The number of imidazole rings is 1. The van der Waals surface area contributed by atoms with Crippen LogP contribution in [0.5, 0.6) is 0 Å². The Hall–Kier alpha value is -2.74. The van der Waals surface area contributed by atoms with Crippen molar-refractivity contribution in [3.63, 3.8) is 0 Å². The van der Waals surface area contributed by atoms with Crippen LogP contribution in [-0.2, 0) is 17.9 Å². The van der Waals surface area contributed by atoms with Crippen molar-refractivity contribution >= 4 is 11.8 Å². The first-order valence-corrected chi connectivity index (χ1v) is 9.38. The molecular formula is C20H26FN5O2. The van der Waals surface area contributed by atoms with Gasteiger partial charge in [0.1, 0.15) is 11.6 Å². The summed E-state index contributed by atoms with van der Waals surface area (Å²) < 4.78 is 16.2. The average Bonchev–Trinajstić information content (AvgIpc) is 3.04. The van der Waals surface area contributed by atoms with Crippen molar-refractivity contribution in [1.29, 1.82) is 0 Å². The lowest BCUT2D eigenvalue weighted by molar-refractivity contribution is -0.119. The summed E-state index contributed by atoms with van der Waals surface area (Å²) in [6.45, 7) is 5.86. The highest BCUT2D eigenvalue weighted by molar-refractivity contribution is 5.96. The SMILES string of the molecule is CNC(=O)CNC(=O)c1nc(-c2ccc(F)c(C(C)C)c2)n2c1CN(C)CC2. The molecule has 7 nitrogen and oxygen atoms in total. The summed E-state index contributed by atoms with van der Waals surface area (Å²) in [4.78, 5) is 30.8. The molecular weight excluding hydrogens is 361 g/mol. The molecule has 1 aliphatic rings. The van der Waals surface area contributed by atoms with Gasteiger partial charge >= 0.3 is 0 Å². The zero-order chi connectivity index (χ0) is 20.4. The van der Waals surface area contributed by atoms with Crippen LogP contribution in [0.15, 0.2) is 18.2 Å². The van der Waals surface area contributed by atoms with Crippen LogP contribution in [-0.4, -0.2) is 53.5 Å². The van der Waals surface area contributed by atoms with E-state index in [1.807, 2.05) is 25.5 Å². The molecule has 2 N–H and O–H groups in total. The van der Waals surface area contributed by atoms with Crippen molar-refractivity contribution in [3.05, 3.63) is 41.0 Å². The van der Waals surface area contributed by atoms with Gasteiger partial charge in [0.05, 0.1) is 12.2 Å². The molecule has 28 heavy (non-hydrogen) atoms. The first-order valence-electron chi connectivity index (χ1n) is 9.38. The first kappa shape index (κ1) is 20.0. The number of rotatable bonds is 5. The van der Waals surface area contributed by atoms with E-state index in [0.29, 0.717) is 30.2 Å². The number of aromatic nitrogens is 2. The van der Waals surface area contributed by atoms with Gasteiger partial charge in [0.15, 0.2) is 5.69 Å². The molecule has 150 valence electrons. The van der Waals surface area contributed by atoms with E-state index in [2.05, 4.69) is 20.5 Å². The molecule has 0 unspecified atom stereocenters. The van der Waals surface area contributed by atoms with Crippen LogP contribution in [0, 0.1) is 5.82 Å². The van der Waals surface area contributed by atoms with E-state index in [0.717, 1.165) is 17.8 Å². The van der Waals surface area contributed by atoms with Gasteiger partial charge < -0.3 is 15.2 Å². The van der Waals surface area contributed by atoms with Crippen LogP contribution in [0.4, 0.5) is 4.39 Å². The maximum Gasteiger partial charge on any atom is 0.272 e. The molecule has 1 aromatic carbocycles. The number of carbonyl (C=O) groups is 2. The van der Waals surface area contributed by atoms with Crippen LogP contribution in [0.3, 0.4) is 0 Å². The van der Waals surface area contributed by atoms with E-state index in [4.69, 9.17) is 0 Å². The van der Waals surface area contributed by atoms with Crippen LogP contribution < -0.4 is 10.6 Å². The van der Waals surface area contributed by atoms with E-state index in [1.165, 1.54) is 13.1 Å². The fourth-order valence-electron chi connectivity index (χ4n) is 3.35. The Labute approximate surface area is 163 Å². The van der Waals surface area contributed by atoms with E-state index < -0.39 is 0 Å². The Morgan fingerprint density at radius 3 is 2.71 bits per heavy atom. The molecule has 0 saturated carbocycles. The zero-order valence-electron chi connectivity index (χ0n) is 16.7. The van der Waals surface area contributed by atoms with Gasteiger partial charge in [-0.05, 0) is 36.7 Å². The summed E-state index contributed by atoms with van der Waals surface area (Å²) in [6.07, 6.45) is 0. The monoisotopic (exact) mass is 387 g/mol. The van der Waals surface area contributed by atoms with E-state index in [-0.39, 0.29) is 30.1 Å². The second-order valence-corrected chi connectivity index (χ2v) is 7.37. The summed E-state index contributed by atoms with van der Waals surface area (Å²) in [5, 5.41) is 5.08. The second kappa shape index (κ2) is 8.10. The number of amides is 2. The van der Waals surface area contributed by atoms with Crippen LogP contribution >= 0.6 is 0 Å². The van der Waals surface area contributed by atoms with Gasteiger partial charge in [-0.3, -0.25) is 14.5 Å². The lowest BCUT2D eigenvalue weighted by atomic mass is 10.00. The lowest BCUT2D eigenvalue weighted by Gasteiger charge is -2.25. The van der Waals surface area contributed by atoms with Crippen LogP contribution in [0.25, 0.3) is 11.4 Å². The molecule has 0 fully saturated rings. The number of carbonyl (C=O) groups excluding carboxylic acids is 2. The van der Waals surface area contributed by atoms with Gasteiger partial charge in [-0.15, -0.1) is 0 Å². The normalized spacial score (nSPS) is 14.1. The molecule has 1 aliphatic heterocycles. The molecule has 0 radical (unpaired) electrons. The Bertz CT molecular complexity index is 906. The summed E-state index contributed by atoms with van der Waals surface area (Å²) in [5.74, 6) is -0.223. The van der Waals surface area contributed by atoms with Gasteiger partial charge in [-0.2, -0.15) is 0 Å². The molecule has 2 aromatic rings. The Morgan fingerprint density at radius 2 is 2.04 bits per heavy atom. The van der Waals surface area contributed by atoms with Crippen molar-refractivity contribution in [1.82, 2.24) is 25.1 Å². The maximum absolute atomic E-state index is 14.1. The molecule has 0 atom stereocenters. The molecule has 8 heteroatoms. The van der Waals surface area contributed by atoms with E-state index in [9.17, 15) is 14.0 Å². The highest BCUT2D eigenvalue weighted by Crippen LogP contribution is 2.29. The third-order valence-corrected chi connectivity index (χ3v) is 4.98. The molecule has 0 saturated heterocycles. The average molecular weight is 387 g/mol. The van der Waals surface area contributed by atoms with Crippen molar-refractivity contribution in [2.45, 2.75) is 32.9 Å². The second-order valence-electron chi connectivity index (χ2n) is 7.37. The number of nitrogens with one attached hydrogen (secondary N) is 2. The van der Waals surface area contributed by atoms with Gasteiger partial charge in [0, 0.05) is 32.2 Å². The van der Waals surface area contributed by atoms with Gasteiger partial charge in [-0.1, -0.05) is 13.8 Å². The quantitative estimate of drug-likeness (QED) is 0.819. The van der Waals surface area contributed by atoms with Gasteiger partial charge in [0.2, 0.25) is 5.91 Å². The van der Waals surface area contributed by atoms with Crippen LogP contribution in [0.2, 0.25) is 0 Å². The van der Waals surface area contributed by atoms with Gasteiger partial charge in [-0.25, -0.2) is 9.37 Å². The number of benzene rings is 1. The summed E-state index contributed by atoms with van der Waals surface area (Å²) >= 11 is 0. The number of hydrogen-bond donors (Lipinski definition) is 2. The molecule has 0 spiro atoms. The topological polar surface area (TPSA) is 79.3 Å². The summed E-state index contributed by atoms with van der Waals surface area (Å²) in [7, 11) is 3.50. The Balaban J connectivity index is 2.02. The molecule has 2 amide bonds. The molecule has 1 aromatic heterocycles. The first-order chi connectivity index (χ1) is 13.3. The van der Waals surface area contributed by atoms with Crippen molar-refractivity contribution < 1.29 is 14.0 Å². The molecule has 2 heterocycles. The number of likely N-dealkylation sites (N-methyl/N-ethyl adjacent to an activating group) is 2. The number of fused-ring (bicyclic) bond motifs is 1. The van der Waals surface area contributed by atoms with Crippen molar-refractivity contribution in [2.24, 2.45) is 0 Å². The summed E-state index contributed by atoms with van der Waals surface area (Å²) in [6, 6.07) is 4.95. The standard InChI is InChI=1S/C20H26FN5O2/c1-12(2)14-9-13(5-6-15(14)21)19-24-18(20(28)23-10-17(27)22-3)16-11-25(4)7-8-26(16)19/h5-6,9,12H,7-8,10-11H2,1-4H3,(H,22,27)(H,23,28). The molecule has 0 bridgehead atoms. The van der Waals surface area contributed by atoms with Crippen LogP contribution in [0.1, 0.15) is 41.5 Å². The minimum atomic E-state index is -0.389. The zero-order valence-corrected chi connectivity index (χ0v) is 16.7. The maximum atomic E-state index is 14.1. The van der Waals surface area contributed by atoms with Crippen molar-refractivity contribution in [3.8, 4) is 11.4 Å². The van der Waals surface area contributed by atoms with Gasteiger partial charge in [0.25, 0.3) is 5.91 Å². The fraction of sp³-hybridized carbons (Fsp3) is 0.450. The molecule has 3 rings (SSSR count).